The molecule has 2 unspecified atom stereocenters. The third-order valence-corrected chi connectivity index (χ3v) is 4.01. The van der Waals surface area contributed by atoms with E-state index in [0.29, 0.717) is 11.3 Å². The molecule has 0 aromatic heterocycles. The Kier molecular flexibility index (Phi) is 3.80. The van der Waals surface area contributed by atoms with Crippen molar-refractivity contribution in [2.75, 3.05) is 5.32 Å². The second-order valence-corrected chi connectivity index (χ2v) is 5.58. The summed E-state index contributed by atoms with van der Waals surface area (Å²) >= 11 is 0. The molecule has 1 aliphatic heterocycles. The van der Waals surface area contributed by atoms with Gasteiger partial charge in [0.25, 0.3) is 0 Å². The molecule has 2 nitrogen and oxygen atoms in total. The Morgan fingerprint density at radius 2 is 1.95 bits per heavy atom. The van der Waals surface area contributed by atoms with Crippen LogP contribution in [0.2, 0.25) is 0 Å². The number of carbonyl (C=O) groups is 1. The highest BCUT2D eigenvalue weighted by Crippen LogP contribution is 2.43. The Balaban J connectivity index is 2.47. The number of anilines is 1. The van der Waals surface area contributed by atoms with Crippen molar-refractivity contribution in [1.29, 1.82) is 0 Å². The van der Waals surface area contributed by atoms with Gasteiger partial charge in [-0.25, -0.2) is 0 Å². The molecule has 1 aliphatic rings. The van der Waals surface area contributed by atoms with Crippen LogP contribution in [-0.4, -0.2) is 5.91 Å². The maximum Gasteiger partial charge on any atom is 0.416 e. The molecule has 1 aromatic carbocycles. The number of benzene rings is 1. The first-order valence-electron chi connectivity index (χ1n) is 6.77. The quantitative estimate of drug-likeness (QED) is 0.875. The van der Waals surface area contributed by atoms with Gasteiger partial charge in [0.1, 0.15) is 0 Å². The van der Waals surface area contributed by atoms with E-state index in [4.69, 9.17) is 0 Å². The lowest BCUT2D eigenvalue weighted by Crippen LogP contribution is -2.24. The van der Waals surface area contributed by atoms with Crippen molar-refractivity contribution in [3.8, 4) is 0 Å². The minimum Gasteiger partial charge on any atom is -0.325 e. The van der Waals surface area contributed by atoms with E-state index in [2.05, 4.69) is 5.32 Å². The van der Waals surface area contributed by atoms with Gasteiger partial charge in [0.15, 0.2) is 0 Å². The van der Waals surface area contributed by atoms with E-state index in [9.17, 15) is 18.0 Å². The monoisotopic (exact) mass is 285 g/mol. The zero-order valence-electron chi connectivity index (χ0n) is 11.7. The fourth-order valence-electron chi connectivity index (χ4n) is 2.98. The zero-order chi connectivity index (χ0) is 15.1. The molecule has 0 bridgehead atoms. The van der Waals surface area contributed by atoms with E-state index < -0.39 is 17.7 Å². The molecule has 0 saturated carbocycles. The number of fused-ring (bicyclic) bond motifs is 1. The molecular weight excluding hydrogens is 267 g/mol. The predicted molar refractivity (Wildman–Crippen MR) is 71.4 cm³/mol. The zero-order valence-corrected chi connectivity index (χ0v) is 11.7. The molecule has 2 atom stereocenters. The molecule has 1 heterocycles. The first-order valence-corrected chi connectivity index (χ1v) is 6.77. The first kappa shape index (κ1) is 14.9. The van der Waals surface area contributed by atoms with Gasteiger partial charge in [-0.15, -0.1) is 0 Å². The summed E-state index contributed by atoms with van der Waals surface area (Å²) in [5.41, 5.74) is 0.286. The lowest BCUT2D eigenvalue weighted by molar-refractivity contribution is -0.137. The van der Waals surface area contributed by atoms with Gasteiger partial charge < -0.3 is 5.32 Å². The summed E-state index contributed by atoms with van der Waals surface area (Å²) < 4.78 is 38.5. The summed E-state index contributed by atoms with van der Waals surface area (Å²) in [5.74, 6) is -0.409. The van der Waals surface area contributed by atoms with Crippen LogP contribution in [0.1, 0.15) is 44.2 Å². The van der Waals surface area contributed by atoms with Crippen molar-refractivity contribution >= 4 is 11.6 Å². The van der Waals surface area contributed by atoms with Crippen molar-refractivity contribution in [1.82, 2.24) is 0 Å². The van der Waals surface area contributed by atoms with Crippen LogP contribution in [0.4, 0.5) is 18.9 Å². The summed E-state index contributed by atoms with van der Waals surface area (Å²) in [4.78, 5) is 12.1. The number of nitrogens with one attached hydrogen (secondary N) is 1. The molecule has 110 valence electrons. The van der Waals surface area contributed by atoms with Crippen LogP contribution < -0.4 is 5.32 Å². The number of hydrogen-bond acceptors (Lipinski definition) is 1. The van der Waals surface area contributed by atoms with Crippen molar-refractivity contribution < 1.29 is 18.0 Å². The largest absolute Gasteiger partial charge is 0.416 e. The van der Waals surface area contributed by atoms with Crippen LogP contribution >= 0.6 is 0 Å². The second kappa shape index (κ2) is 5.11. The highest BCUT2D eigenvalue weighted by atomic mass is 19.4. The summed E-state index contributed by atoms with van der Waals surface area (Å²) in [6.07, 6.45) is -3.63. The smallest absolute Gasteiger partial charge is 0.325 e. The maximum atomic E-state index is 12.8. The van der Waals surface area contributed by atoms with Crippen LogP contribution in [0, 0.1) is 11.8 Å². The molecule has 2 rings (SSSR count). The average Bonchev–Trinajstić information content (AvgIpc) is 2.65. The normalized spacial score (nSPS) is 19.9. The van der Waals surface area contributed by atoms with E-state index in [-0.39, 0.29) is 17.7 Å². The average molecular weight is 285 g/mol. The summed E-state index contributed by atoms with van der Waals surface area (Å²) in [6, 6.07) is 3.48. The highest BCUT2D eigenvalue weighted by Gasteiger charge is 2.39. The predicted octanol–water partition coefficient (Wildman–Crippen LogP) is 4.42. The van der Waals surface area contributed by atoms with Crippen molar-refractivity contribution in [2.45, 2.75) is 39.3 Å². The minimum absolute atomic E-state index is 0.0414. The van der Waals surface area contributed by atoms with Gasteiger partial charge in [0, 0.05) is 5.69 Å². The molecular formula is C15H18F3NO. The van der Waals surface area contributed by atoms with Gasteiger partial charge >= 0.3 is 6.18 Å². The fraction of sp³-hybridized carbons (Fsp3) is 0.533. The molecule has 1 amide bonds. The molecule has 1 N–H and O–H groups in total. The van der Waals surface area contributed by atoms with E-state index >= 15 is 0 Å². The third kappa shape index (κ3) is 2.53. The van der Waals surface area contributed by atoms with Crippen LogP contribution in [0.3, 0.4) is 0 Å². The van der Waals surface area contributed by atoms with Gasteiger partial charge in [0.05, 0.1) is 11.5 Å². The summed E-state index contributed by atoms with van der Waals surface area (Å²) in [7, 11) is 0. The van der Waals surface area contributed by atoms with Crippen LogP contribution in [0.15, 0.2) is 18.2 Å². The van der Waals surface area contributed by atoms with E-state index in [0.717, 1.165) is 18.6 Å². The minimum atomic E-state index is -4.38. The topological polar surface area (TPSA) is 29.1 Å². The van der Waals surface area contributed by atoms with Crippen molar-refractivity contribution in [3.05, 3.63) is 29.3 Å². The van der Waals surface area contributed by atoms with E-state index in [1.165, 1.54) is 6.07 Å². The molecule has 5 heteroatoms. The molecule has 0 spiro atoms. The lowest BCUT2D eigenvalue weighted by atomic mass is 9.78. The standard InChI is InChI=1S/C15H18F3NO/c1-4-10(8(2)3)13-11-7-9(15(16,17)18)5-6-12(11)19-14(13)20/h5-8,10,13H,4H2,1-3H3,(H,19,20). The fourth-order valence-corrected chi connectivity index (χ4v) is 2.98. The number of carbonyl (C=O) groups excluding carboxylic acids is 1. The van der Waals surface area contributed by atoms with Crippen LogP contribution in [0.5, 0.6) is 0 Å². The Hall–Kier alpha value is -1.52. The van der Waals surface area contributed by atoms with Gasteiger partial charge in [-0.1, -0.05) is 27.2 Å². The van der Waals surface area contributed by atoms with E-state index in [1.54, 1.807) is 0 Å². The number of halogens is 3. The molecule has 0 radical (unpaired) electrons. The third-order valence-electron chi connectivity index (χ3n) is 4.01. The SMILES string of the molecule is CCC(C(C)C)C1C(=O)Nc2ccc(C(F)(F)F)cc21. The Morgan fingerprint density at radius 3 is 2.45 bits per heavy atom. The number of hydrogen-bond donors (Lipinski definition) is 1. The van der Waals surface area contributed by atoms with Crippen molar-refractivity contribution in [2.24, 2.45) is 11.8 Å². The van der Waals surface area contributed by atoms with Gasteiger partial charge in [0.2, 0.25) is 5.91 Å². The van der Waals surface area contributed by atoms with Gasteiger partial charge in [-0.3, -0.25) is 4.79 Å². The Bertz CT molecular complexity index is 522. The van der Waals surface area contributed by atoms with E-state index in [1.807, 2.05) is 20.8 Å². The summed E-state index contributed by atoms with van der Waals surface area (Å²) in [6.45, 7) is 5.95. The van der Waals surface area contributed by atoms with Crippen LogP contribution in [-0.2, 0) is 11.0 Å². The molecule has 0 saturated heterocycles. The first-order chi connectivity index (χ1) is 9.25. The second-order valence-electron chi connectivity index (χ2n) is 5.58. The Morgan fingerprint density at radius 1 is 1.30 bits per heavy atom. The summed E-state index contributed by atoms with van der Waals surface area (Å²) in [5, 5.41) is 2.69. The Labute approximate surface area is 116 Å². The lowest BCUT2D eigenvalue weighted by Gasteiger charge is -2.25. The van der Waals surface area contributed by atoms with Crippen molar-refractivity contribution in [3.63, 3.8) is 0 Å². The highest BCUT2D eigenvalue weighted by molar-refractivity contribution is 6.03. The number of rotatable bonds is 3. The van der Waals surface area contributed by atoms with Crippen LogP contribution in [0.25, 0.3) is 0 Å². The molecule has 0 fully saturated rings. The maximum absolute atomic E-state index is 12.8. The number of alkyl halides is 3. The molecule has 1 aromatic rings. The van der Waals surface area contributed by atoms with Gasteiger partial charge in [-0.05, 0) is 35.6 Å². The molecule has 0 aliphatic carbocycles. The van der Waals surface area contributed by atoms with Gasteiger partial charge in [-0.2, -0.15) is 13.2 Å². The number of amides is 1. The molecule has 20 heavy (non-hydrogen) atoms.